The van der Waals surface area contributed by atoms with Crippen LogP contribution in [-0.4, -0.2) is 18.4 Å². The molecule has 0 bridgehead atoms. The number of halogens is 1. The van der Waals surface area contributed by atoms with Gasteiger partial charge in [0, 0.05) is 28.8 Å². The predicted molar refractivity (Wildman–Crippen MR) is 108 cm³/mol. The maximum atomic E-state index is 12.7. The Hall–Kier alpha value is -2.14. The molecule has 0 aromatic heterocycles. The molecule has 1 N–H and O–H groups in total. The van der Waals surface area contributed by atoms with E-state index in [9.17, 15) is 9.59 Å². The lowest BCUT2D eigenvalue weighted by Gasteiger charge is -2.17. The van der Waals surface area contributed by atoms with Gasteiger partial charge >= 0.3 is 0 Å². The summed E-state index contributed by atoms with van der Waals surface area (Å²) in [6.07, 6.45) is 2.04. The van der Waals surface area contributed by atoms with E-state index in [0.717, 1.165) is 34.3 Å². The van der Waals surface area contributed by atoms with E-state index in [0.29, 0.717) is 6.54 Å². The van der Waals surface area contributed by atoms with Gasteiger partial charge in [0.05, 0.1) is 5.92 Å². The van der Waals surface area contributed by atoms with Crippen molar-refractivity contribution in [1.29, 1.82) is 0 Å². The molecule has 2 aromatic carbocycles. The van der Waals surface area contributed by atoms with Crippen LogP contribution in [0.5, 0.6) is 0 Å². The van der Waals surface area contributed by atoms with Gasteiger partial charge in [-0.05, 0) is 54.3 Å². The van der Waals surface area contributed by atoms with Crippen LogP contribution in [0, 0.1) is 5.92 Å². The average Bonchev–Trinajstić information content (AvgIpc) is 3.05. The molecule has 0 saturated carbocycles. The standard InChI is InChI=1S/C21H23BrN2O2/c1-3-14-5-8-18(9-6-14)24-13-16(12-20(24)25)21(26)23-19-10-7-17(22)11-15(19)4-2/h5-11,16H,3-4,12-13H2,1-2H3,(H,23,26)/t16-/m1/s1. The van der Waals surface area contributed by atoms with Crippen molar-refractivity contribution < 1.29 is 9.59 Å². The lowest BCUT2D eigenvalue weighted by Crippen LogP contribution is -2.28. The minimum absolute atomic E-state index is 0.000851. The second-order valence-corrected chi connectivity index (χ2v) is 7.49. The fourth-order valence-corrected chi connectivity index (χ4v) is 3.66. The highest BCUT2D eigenvalue weighted by Crippen LogP contribution is 2.28. The number of amides is 2. The fourth-order valence-electron chi connectivity index (χ4n) is 3.26. The number of anilines is 2. The van der Waals surface area contributed by atoms with E-state index >= 15 is 0 Å². The first-order valence-corrected chi connectivity index (χ1v) is 9.79. The highest BCUT2D eigenvalue weighted by Gasteiger charge is 2.35. The highest BCUT2D eigenvalue weighted by molar-refractivity contribution is 9.10. The molecule has 0 radical (unpaired) electrons. The number of hydrogen-bond acceptors (Lipinski definition) is 2. The Morgan fingerprint density at radius 1 is 1.15 bits per heavy atom. The van der Waals surface area contributed by atoms with Gasteiger partial charge in [-0.3, -0.25) is 9.59 Å². The van der Waals surface area contributed by atoms with Crippen molar-refractivity contribution in [3.05, 3.63) is 58.1 Å². The first-order valence-electron chi connectivity index (χ1n) is 9.00. The van der Waals surface area contributed by atoms with Crippen LogP contribution in [0.15, 0.2) is 46.9 Å². The SMILES string of the molecule is CCc1ccc(N2C[C@H](C(=O)Nc3ccc(Br)cc3CC)CC2=O)cc1. The average molecular weight is 415 g/mol. The zero-order valence-electron chi connectivity index (χ0n) is 15.1. The Kier molecular flexibility index (Phi) is 5.77. The Bertz CT molecular complexity index is 817. The van der Waals surface area contributed by atoms with Gasteiger partial charge in [-0.25, -0.2) is 0 Å². The molecule has 0 unspecified atom stereocenters. The summed E-state index contributed by atoms with van der Waals surface area (Å²) in [5, 5.41) is 3.00. The number of aryl methyl sites for hydroxylation is 2. The zero-order chi connectivity index (χ0) is 18.7. The summed E-state index contributed by atoms with van der Waals surface area (Å²) in [6, 6.07) is 13.8. The van der Waals surface area contributed by atoms with E-state index in [2.05, 4.69) is 35.1 Å². The Morgan fingerprint density at radius 3 is 2.54 bits per heavy atom. The third-order valence-corrected chi connectivity index (χ3v) is 5.35. The molecular weight excluding hydrogens is 392 g/mol. The third-order valence-electron chi connectivity index (χ3n) is 4.86. The van der Waals surface area contributed by atoms with Gasteiger partial charge in [-0.15, -0.1) is 0 Å². The predicted octanol–water partition coefficient (Wildman–Crippen LogP) is 4.57. The van der Waals surface area contributed by atoms with E-state index in [4.69, 9.17) is 0 Å². The molecule has 0 spiro atoms. The molecule has 1 aliphatic rings. The summed E-state index contributed by atoms with van der Waals surface area (Å²) in [7, 11) is 0. The van der Waals surface area contributed by atoms with Gasteiger partial charge in [0.15, 0.2) is 0 Å². The van der Waals surface area contributed by atoms with Crippen molar-refractivity contribution >= 4 is 39.1 Å². The van der Waals surface area contributed by atoms with Gasteiger partial charge in [0.25, 0.3) is 0 Å². The normalized spacial score (nSPS) is 16.8. The molecule has 26 heavy (non-hydrogen) atoms. The van der Waals surface area contributed by atoms with E-state index < -0.39 is 0 Å². The molecule has 136 valence electrons. The number of rotatable bonds is 5. The third kappa shape index (κ3) is 3.98. The van der Waals surface area contributed by atoms with Gasteiger partial charge in [0.2, 0.25) is 11.8 Å². The number of nitrogens with zero attached hydrogens (tertiary/aromatic N) is 1. The van der Waals surface area contributed by atoms with Crippen molar-refractivity contribution in [1.82, 2.24) is 0 Å². The van der Waals surface area contributed by atoms with Crippen LogP contribution in [0.3, 0.4) is 0 Å². The first kappa shape index (κ1) is 18.6. The molecule has 1 saturated heterocycles. The maximum Gasteiger partial charge on any atom is 0.229 e. The quantitative estimate of drug-likeness (QED) is 0.778. The summed E-state index contributed by atoms with van der Waals surface area (Å²) < 4.78 is 0.991. The molecule has 1 atom stereocenters. The summed E-state index contributed by atoms with van der Waals surface area (Å²) >= 11 is 3.46. The first-order chi connectivity index (χ1) is 12.5. The minimum Gasteiger partial charge on any atom is -0.326 e. The van der Waals surface area contributed by atoms with Crippen LogP contribution in [0.1, 0.15) is 31.4 Å². The van der Waals surface area contributed by atoms with Crippen LogP contribution >= 0.6 is 15.9 Å². The summed E-state index contributed by atoms with van der Waals surface area (Å²) in [5.41, 5.74) is 3.99. The molecular formula is C21H23BrN2O2. The lowest BCUT2D eigenvalue weighted by atomic mass is 10.1. The molecule has 4 nitrogen and oxygen atoms in total. The van der Waals surface area contributed by atoms with Crippen molar-refractivity contribution in [3.8, 4) is 0 Å². The Balaban J connectivity index is 1.70. The summed E-state index contributed by atoms with van der Waals surface area (Å²) in [6.45, 7) is 4.58. The van der Waals surface area contributed by atoms with Crippen LogP contribution in [0.2, 0.25) is 0 Å². The van der Waals surface area contributed by atoms with Crippen molar-refractivity contribution in [2.24, 2.45) is 5.92 Å². The van der Waals surface area contributed by atoms with Crippen molar-refractivity contribution in [3.63, 3.8) is 0 Å². The van der Waals surface area contributed by atoms with E-state index in [-0.39, 0.29) is 24.2 Å². The molecule has 2 aromatic rings. The molecule has 1 fully saturated rings. The highest BCUT2D eigenvalue weighted by atomic mass is 79.9. The van der Waals surface area contributed by atoms with Crippen molar-refractivity contribution in [2.75, 3.05) is 16.8 Å². The second kappa shape index (κ2) is 8.04. The molecule has 2 amide bonds. The van der Waals surface area contributed by atoms with Gasteiger partial charge in [-0.1, -0.05) is 41.9 Å². The lowest BCUT2D eigenvalue weighted by molar-refractivity contribution is -0.122. The number of carbonyl (C=O) groups is 2. The summed E-state index contributed by atoms with van der Waals surface area (Å²) in [4.78, 5) is 26.8. The molecule has 5 heteroatoms. The summed E-state index contributed by atoms with van der Waals surface area (Å²) in [5.74, 6) is -0.425. The van der Waals surface area contributed by atoms with E-state index in [1.54, 1.807) is 4.90 Å². The number of hydrogen-bond donors (Lipinski definition) is 1. The van der Waals surface area contributed by atoms with Crippen LogP contribution < -0.4 is 10.2 Å². The number of nitrogens with one attached hydrogen (secondary N) is 1. The molecule has 1 aliphatic heterocycles. The fraction of sp³-hybridized carbons (Fsp3) is 0.333. The van der Waals surface area contributed by atoms with Crippen molar-refractivity contribution in [2.45, 2.75) is 33.1 Å². The van der Waals surface area contributed by atoms with E-state index in [1.807, 2.05) is 42.5 Å². The monoisotopic (exact) mass is 414 g/mol. The molecule has 3 rings (SSSR count). The van der Waals surface area contributed by atoms with Gasteiger partial charge in [0.1, 0.15) is 0 Å². The topological polar surface area (TPSA) is 49.4 Å². The van der Waals surface area contributed by atoms with Gasteiger partial charge in [-0.2, -0.15) is 0 Å². The van der Waals surface area contributed by atoms with Crippen LogP contribution in [0.4, 0.5) is 11.4 Å². The number of benzene rings is 2. The maximum absolute atomic E-state index is 12.7. The largest absolute Gasteiger partial charge is 0.326 e. The number of carbonyl (C=O) groups excluding carboxylic acids is 2. The Labute approximate surface area is 162 Å². The zero-order valence-corrected chi connectivity index (χ0v) is 16.7. The van der Waals surface area contributed by atoms with Crippen LogP contribution in [0.25, 0.3) is 0 Å². The minimum atomic E-state index is -0.332. The van der Waals surface area contributed by atoms with Crippen LogP contribution in [-0.2, 0) is 22.4 Å². The van der Waals surface area contributed by atoms with Gasteiger partial charge < -0.3 is 10.2 Å². The Morgan fingerprint density at radius 2 is 1.88 bits per heavy atom. The second-order valence-electron chi connectivity index (χ2n) is 6.57. The molecule has 0 aliphatic carbocycles. The van der Waals surface area contributed by atoms with E-state index in [1.165, 1.54) is 5.56 Å². The molecule has 1 heterocycles. The smallest absolute Gasteiger partial charge is 0.229 e.